The molecule has 7 nitrogen and oxygen atoms in total. The van der Waals surface area contributed by atoms with E-state index in [0.29, 0.717) is 17.0 Å². The molecule has 2 aromatic carbocycles. The van der Waals surface area contributed by atoms with Crippen LogP contribution in [-0.2, 0) is 19.7 Å². The molecule has 0 aliphatic heterocycles. The van der Waals surface area contributed by atoms with E-state index < -0.39 is 5.97 Å². The topological polar surface area (TPSA) is 93.7 Å². The van der Waals surface area contributed by atoms with Crippen LogP contribution in [0.15, 0.2) is 48.5 Å². The van der Waals surface area contributed by atoms with Crippen molar-refractivity contribution >= 4 is 23.5 Å². The van der Waals surface area contributed by atoms with Crippen LogP contribution in [0.3, 0.4) is 0 Å². The third-order valence-electron chi connectivity index (χ3n) is 4.35. The van der Waals surface area contributed by atoms with Crippen molar-refractivity contribution < 1.29 is 23.9 Å². The van der Waals surface area contributed by atoms with Gasteiger partial charge in [0.25, 0.3) is 5.91 Å². The summed E-state index contributed by atoms with van der Waals surface area (Å²) < 4.78 is 9.80. The van der Waals surface area contributed by atoms with E-state index in [1.807, 2.05) is 12.1 Å². The van der Waals surface area contributed by atoms with Gasteiger partial charge < -0.3 is 20.1 Å². The molecule has 0 saturated heterocycles. The van der Waals surface area contributed by atoms with Crippen molar-refractivity contribution in [3.05, 3.63) is 59.7 Å². The highest BCUT2D eigenvalue weighted by molar-refractivity contribution is 5.95. The third kappa shape index (κ3) is 7.24. The summed E-state index contributed by atoms with van der Waals surface area (Å²) in [4.78, 5) is 35.5. The summed E-state index contributed by atoms with van der Waals surface area (Å²) in [6.45, 7) is 6.34. The minimum atomic E-state index is -0.492. The molecule has 0 radical (unpaired) electrons. The molecule has 2 aromatic rings. The van der Waals surface area contributed by atoms with E-state index in [1.54, 1.807) is 36.4 Å². The van der Waals surface area contributed by atoms with Crippen LogP contribution >= 0.6 is 0 Å². The highest BCUT2D eigenvalue weighted by Crippen LogP contribution is 2.22. The number of carbonyl (C=O) groups is 3. The number of hydrogen-bond acceptors (Lipinski definition) is 5. The Bertz CT molecular complexity index is 885. The molecule has 2 amide bonds. The zero-order valence-corrected chi connectivity index (χ0v) is 17.8. The maximum atomic E-state index is 12.2. The van der Waals surface area contributed by atoms with Gasteiger partial charge in [0.2, 0.25) is 5.91 Å². The van der Waals surface area contributed by atoms with Gasteiger partial charge in [-0.2, -0.15) is 0 Å². The van der Waals surface area contributed by atoms with Gasteiger partial charge in [0, 0.05) is 30.3 Å². The fourth-order valence-corrected chi connectivity index (χ4v) is 2.60. The maximum absolute atomic E-state index is 12.2. The van der Waals surface area contributed by atoms with Crippen LogP contribution in [0.25, 0.3) is 0 Å². The second-order valence-corrected chi connectivity index (χ2v) is 7.77. The van der Waals surface area contributed by atoms with E-state index in [9.17, 15) is 14.4 Å². The molecular formula is C23H28N2O5. The Labute approximate surface area is 176 Å². The first-order valence-electron chi connectivity index (χ1n) is 9.67. The van der Waals surface area contributed by atoms with Crippen molar-refractivity contribution in [2.75, 3.05) is 25.6 Å². The van der Waals surface area contributed by atoms with Crippen molar-refractivity contribution in [1.82, 2.24) is 5.32 Å². The zero-order valence-electron chi connectivity index (χ0n) is 17.8. The number of rotatable bonds is 8. The van der Waals surface area contributed by atoms with Gasteiger partial charge in [-0.05, 0) is 35.2 Å². The number of benzene rings is 2. The summed E-state index contributed by atoms with van der Waals surface area (Å²) >= 11 is 0. The second kappa shape index (κ2) is 10.4. The van der Waals surface area contributed by atoms with Crippen LogP contribution in [0.4, 0.5) is 5.69 Å². The van der Waals surface area contributed by atoms with E-state index >= 15 is 0 Å². The average molecular weight is 412 g/mol. The molecule has 2 rings (SSSR count). The largest absolute Gasteiger partial charge is 0.482 e. The molecule has 0 spiro atoms. The minimum absolute atomic E-state index is 0.0226. The van der Waals surface area contributed by atoms with Gasteiger partial charge in [-0.1, -0.05) is 39.0 Å². The summed E-state index contributed by atoms with van der Waals surface area (Å²) in [7, 11) is 1.28. The van der Waals surface area contributed by atoms with Crippen molar-refractivity contribution in [3.63, 3.8) is 0 Å². The standard InChI is InChI=1S/C23H28N2O5/c1-23(2,3)17-10-8-16(9-11-17)22(28)24-13-12-20(26)25-18-6-5-7-19(14-18)30-15-21(27)29-4/h5-11,14H,12-13,15H2,1-4H3,(H,24,28)(H,25,26). The van der Waals surface area contributed by atoms with Crippen LogP contribution in [-0.4, -0.2) is 38.0 Å². The van der Waals surface area contributed by atoms with Crippen LogP contribution in [0, 0.1) is 0 Å². The predicted octanol–water partition coefficient (Wildman–Crippen LogP) is 3.29. The fraction of sp³-hybridized carbons (Fsp3) is 0.348. The van der Waals surface area contributed by atoms with Crippen LogP contribution in [0.1, 0.15) is 43.1 Å². The van der Waals surface area contributed by atoms with Gasteiger partial charge in [0.15, 0.2) is 6.61 Å². The highest BCUT2D eigenvalue weighted by Gasteiger charge is 2.14. The quantitative estimate of drug-likeness (QED) is 0.649. The Morgan fingerprint density at radius 1 is 1.00 bits per heavy atom. The molecule has 0 aromatic heterocycles. The molecule has 0 bridgehead atoms. The predicted molar refractivity (Wildman–Crippen MR) is 115 cm³/mol. The van der Waals surface area contributed by atoms with E-state index in [0.717, 1.165) is 5.56 Å². The van der Waals surface area contributed by atoms with Gasteiger partial charge in [0.05, 0.1) is 7.11 Å². The van der Waals surface area contributed by atoms with E-state index in [2.05, 4.69) is 36.1 Å². The van der Waals surface area contributed by atoms with Gasteiger partial charge in [-0.15, -0.1) is 0 Å². The van der Waals surface area contributed by atoms with E-state index in [-0.39, 0.29) is 36.8 Å². The van der Waals surface area contributed by atoms with Crippen molar-refractivity contribution in [2.24, 2.45) is 0 Å². The first kappa shape index (κ1) is 22.9. The Morgan fingerprint density at radius 3 is 2.33 bits per heavy atom. The third-order valence-corrected chi connectivity index (χ3v) is 4.35. The molecule has 0 aliphatic rings. The summed E-state index contributed by atoms with van der Waals surface area (Å²) in [5.74, 6) is -0.525. The summed E-state index contributed by atoms with van der Waals surface area (Å²) in [5, 5.41) is 5.48. The lowest BCUT2D eigenvalue weighted by atomic mass is 9.87. The molecule has 2 N–H and O–H groups in total. The van der Waals surface area contributed by atoms with E-state index in [1.165, 1.54) is 7.11 Å². The maximum Gasteiger partial charge on any atom is 0.343 e. The normalized spacial score (nSPS) is 10.8. The number of amides is 2. The summed E-state index contributed by atoms with van der Waals surface area (Å²) in [6.07, 6.45) is 0.124. The highest BCUT2D eigenvalue weighted by atomic mass is 16.6. The SMILES string of the molecule is COC(=O)COc1cccc(NC(=O)CCNC(=O)c2ccc(C(C)(C)C)cc2)c1. The second-order valence-electron chi connectivity index (χ2n) is 7.77. The van der Waals surface area contributed by atoms with Gasteiger partial charge in [0.1, 0.15) is 5.75 Å². The number of carbonyl (C=O) groups excluding carboxylic acids is 3. The van der Waals surface area contributed by atoms with Crippen LogP contribution in [0.5, 0.6) is 5.75 Å². The molecule has 0 aliphatic carbocycles. The summed E-state index contributed by atoms with van der Waals surface area (Å²) in [5.41, 5.74) is 2.26. The Morgan fingerprint density at radius 2 is 1.70 bits per heavy atom. The lowest BCUT2D eigenvalue weighted by molar-refractivity contribution is -0.142. The molecule has 0 atom stereocenters. The first-order valence-corrected chi connectivity index (χ1v) is 9.67. The Hall–Kier alpha value is -3.35. The molecule has 0 saturated carbocycles. The van der Waals surface area contributed by atoms with Crippen molar-refractivity contribution in [1.29, 1.82) is 0 Å². The fourth-order valence-electron chi connectivity index (χ4n) is 2.60. The van der Waals surface area contributed by atoms with Crippen LogP contribution in [0.2, 0.25) is 0 Å². The molecule has 0 fully saturated rings. The molecule has 7 heteroatoms. The number of hydrogen-bond donors (Lipinski definition) is 2. The van der Waals surface area contributed by atoms with Gasteiger partial charge in [-0.3, -0.25) is 9.59 Å². The molecular weight excluding hydrogens is 384 g/mol. The molecule has 30 heavy (non-hydrogen) atoms. The molecule has 160 valence electrons. The van der Waals surface area contributed by atoms with Crippen molar-refractivity contribution in [3.8, 4) is 5.75 Å². The van der Waals surface area contributed by atoms with Gasteiger partial charge in [-0.25, -0.2) is 4.79 Å². The zero-order chi connectivity index (χ0) is 22.1. The smallest absolute Gasteiger partial charge is 0.343 e. The average Bonchev–Trinajstić information content (AvgIpc) is 2.71. The van der Waals surface area contributed by atoms with E-state index in [4.69, 9.17) is 4.74 Å². The molecule has 0 heterocycles. The Balaban J connectivity index is 1.79. The number of ether oxygens (including phenoxy) is 2. The molecule has 0 unspecified atom stereocenters. The number of esters is 1. The first-order chi connectivity index (χ1) is 14.2. The monoisotopic (exact) mass is 412 g/mol. The van der Waals surface area contributed by atoms with Gasteiger partial charge >= 0.3 is 5.97 Å². The Kier molecular flexibility index (Phi) is 7.98. The number of nitrogens with one attached hydrogen (secondary N) is 2. The lowest BCUT2D eigenvalue weighted by Gasteiger charge is -2.19. The minimum Gasteiger partial charge on any atom is -0.482 e. The summed E-state index contributed by atoms with van der Waals surface area (Å²) in [6, 6.07) is 14.1. The van der Waals surface area contributed by atoms with Crippen LogP contribution < -0.4 is 15.4 Å². The van der Waals surface area contributed by atoms with Crippen molar-refractivity contribution in [2.45, 2.75) is 32.6 Å². The number of methoxy groups -OCH3 is 1. The number of anilines is 1. The lowest BCUT2D eigenvalue weighted by Crippen LogP contribution is -2.27.